The number of thiocarbonyl (C=S) groups is 1. The molecule has 5 rings (SSSR count). The van der Waals surface area contributed by atoms with Crippen molar-refractivity contribution in [1.29, 1.82) is 0 Å². The van der Waals surface area contributed by atoms with Gasteiger partial charge in [-0.05, 0) is 91.3 Å². The molecule has 6 heteroatoms. The number of aryl methyl sites for hydroxylation is 2. The van der Waals surface area contributed by atoms with Crippen molar-refractivity contribution >= 4 is 17.3 Å². The molecule has 0 spiro atoms. The Morgan fingerprint density at radius 3 is 2.53 bits per heavy atom. The largest absolute Gasteiger partial charge is 0.352 e. The van der Waals surface area contributed by atoms with Gasteiger partial charge in [0.15, 0.2) is 5.11 Å². The first-order chi connectivity index (χ1) is 15.6. The summed E-state index contributed by atoms with van der Waals surface area (Å²) in [6, 6.07) is 20.9. The van der Waals surface area contributed by atoms with E-state index in [-0.39, 0.29) is 12.1 Å². The Balaban J connectivity index is 1.61. The maximum absolute atomic E-state index is 5.83. The molecule has 0 bridgehead atoms. The highest BCUT2D eigenvalue weighted by atomic mass is 32.1. The predicted octanol–water partition coefficient (Wildman–Crippen LogP) is 5.06. The normalized spacial score (nSPS) is 18.1. The van der Waals surface area contributed by atoms with E-state index in [9.17, 15) is 0 Å². The van der Waals surface area contributed by atoms with Gasteiger partial charge < -0.3 is 14.8 Å². The van der Waals surface area contributed by atoms with Gasteiger partial charge in [-0.3, -0.25) is 9.97 Å². The number of rotatable bonds is 5. The second kappa shape index (κ2) is 8.55. The first-order valence-corrected chi connectivity index (χ1v) is 11.1. The zero-order valence-corrected chi connectivity index (χ0v) is 19.0. The van der Waals surface area contributed by atoms with Crippen molar-refractivity contribution in [3.05, 3.63) is 114 Å². The molecule has 1 aromatic carbocycles. The van der Waals surface area contributed by atoms with Gasteiger partial charge in [0.1, 0.15) is 0 Å². The molecule has 1 N–H and O–H groups in total. The van der Waals surface area contributed by atoms with Crippen LogP contribution in [0.25, 0.3) is 5.69 Å². The molecule has 160 valence electrons. The highest BCUT2D eigenvalue weighted by Crippen LogP contribution is 2.40. The molecule has 5 nitrogen and oxygen atoms in total. The molecule has 0 amide bonds. The van der Waals surface area contributed by atoms with Gasteiger partial charge >= 0.3 is 0 Å². The van der Waals surface area contributed by atoms with E-state index in [1.165, 1.54) is 22.4 Å². The quantitative estimate of drug-likeness (QED) is 0.441. The summed E-state index contributed by atoms with van der Waals surface area (Å²) in [6.45, 7) is 4.99. The second-order valence-corrected chi connectivity index (χ2v) is 8.57. The lowest BCUT2D eigenvalue weighted by molar-refractivity contribution is 0.302. The topological polar surface area (TPSA) is 46.0 Å². The van der Waals surface area contributed by atoms with Gasteiger partial charge in [0.05, 0.1) is 17.8 Å². The van der Waals surface area contributed by atoms with Crippen LogP contribution in [0.5, 0.6) is 0 Å². The van der Waals surface area contributed by atoms with E-state index in [1.54, 1.807) is 0 Å². The van der Waals surface area contributed by atoms with Crippen LogP contribution in [0.1, 0.15) is 40.2 Å². The van der Waals surface area contributed by atoms with Gasteiger partial charge in [-0.15, -0.1) is 0 Å². The van der Waals surface area contributed by atoms with Crippen molar-refractivity contribution < 1.29 is 0 Å². The summed E-state index contributed by atoms with van der Waals surface area (Å²) in [5, 5.41) is 4.28. The highest BCUT2D eigenvalue weighted by Gasteiger charge is 2.41. The van der Waals surface area contributed by atoms with Gasteiger partial charge in [-0.2, -0.15) is 0 Å². The maximum atomic E-state index is 5.83. The van der Waals surface area contributed by atoms with Gasteiger partial charge in [0.2, 0.25) is 0 Å². The Bertz CT molecular complexity index is 1240. The Morgan fingerprint density at radius 1 is 0.938 bits per heavy atom. The molecule has 3 aromatic heterocycles. The summed E-state index contributed by atoms with van der Waals surface area (Å²) in [6.07, 6.45) is 7.61. The van der Waals surface area contributed by atoms with Crippen LogP contribution in [-0.4, -0.2) is 24.5 Å². The van der Waals surface area contributed by atoms with Crippen LogP contribution in [0.3, 0.4) is 0 Å². The lowest BCUT2D eigenvalue weighted by atomic mass is 10.0. The molecule has 4 aromatic rings. The predicted molar refractivity (Wildman–Crippen MR) is 130 cm³/mol. The van der Waals surface area contributed by atoms with E-state index < -0.39 is 0 Å². The molecule has 1 aliphatic rings. The highest BCUT2D eigenvalue weighted by molar-refractivity contribution is 7.80. The Morgan fingerprint density at radius 2 is 1.78 bits per heavy atom. The molecule has 1 aliphatic heterocycles. The smallest absolute Gasteiger partial charge is 0.170 e. The van der Waals surface area contributed by atoms with Crippen molar-refractivity contribution in [1.82, 2.24) is 24.8 Å². The first kappa shape index (κ1) is 20.4. The van der Waals surface area contributed by atoms with Crippen LogP contribution >= 0.6 is 12.2 Å². The minimum atomic E-state index is -0.0502. The Hall–Kier alpha value is -3.51. The van der Waals surface area contributed by atoms with Gasteiger partial charge in [-0.1, -0.05) is 12.1 Å². The summed E-state index contributed by atoms with van der Waals surface area (Å²) in [5.41, 5.74) is 7.03. The zero-order chi connectivity index (χ0) is 22.1. The SMILES string of the molecule is Cc1ccc(-n2cccc2[C@@H]2[C@H](c3ccccn3)NC(=S)N2Cc2ccncc2)cc1C. The van der Waals surface area contributed by atoms with Crippen molar-refractivity contribution in [2.75, 3.05) is 0 Å². The fourth-order valence-corrected chi connectivity index (χ4v) is 4.63. The first-order valence-electron chi connectivity index (χ1n) is 10.7. The molecule has 1 fully saturated rings. The van der Waals surface area contributed by atoms with Crippen molar-refractivity contribution in [2.45, 2.75) is 32.5 Å². The number of benzene rings is 1. The standard InChI is InChI=1S/C26H25N5S/c1-18-8-9-21(16-19(18)2)30-15-5-7-23(30)25-24(22-6-3-4-12-28-22)29-26(32)31(25)17-20-10-13-27-14-11-20/h3-16,24-25H,17H2,1-2H3,(H,29,32)/t24-,25+/m0/s1. The lowest BCUT2D eigenvalue weighted by Crippen LogP contribution is -2.30. The van der Waals surface area contributed by atoms with Crippen molar-refractivity contribution in [2.24, 2.45) is 0 Å². The van der Waals surface area contributed by atoms with Crippen LogP contribution in [0.2, 0.25) is 0 Å². The van der Waals surface area contributed by atoms with E-state index in [0.717, 1.165) is 16.5 Å². The van der Waals surface area contributed by atoms with Gasteiger partial charge in [0.25, 0.3) is 0 Å². The molecule has 1 saturated heterocycles. The third-order valence-electron chi connectivity index (χ3n) is 6.15. The summed E-state index contributed by atoms with van der Waals surface area (Å²) < 4.78 is 2.27. The van der Waals surface area contributed by atoms with Gasteiger partial charge in [-0.25, -0.2) is 0 Å². The monoisotopic (exact) mass is 439 g/mol. The number of hydrogen-bond donors (Lipinski definition) is 1. The summed E-state index contributed by atoms with van der Waals surface area (Å²) >= 11 is 5.83. The minimum Gasteiger partial charge on any atom is -0.352 e. The maximum Gasteiger partial charge on any atom is 0.170 e. The van der Waals surface area contributed by atoms with Crippen molar-refractivity contribution in [3.8, 4) is 5.69 Å². The molecule has 0 saturated carbocycles. The third-order valence-corrected chi connectivity index (χ3v) is 6.50. The summed E-state index contributed by atoms with van der Waals surface area (Å²) in [7, 11) is 0. The fraction of sp³-hybridized carbons (Fsp3) is 0.192. The molecular weight excluding hydrogens is 414 g/mol. The van der Waals surface area contributed by atoms with E-state index in [1.807, 2.05) is 42.9 Å². The second-order valence-electron chi connectivity index (χ2n) is 8.18. The summed E-state index contributed by atoms with van der Waals surface area (Å²) in [5.74, 6) is 0. The molecule has 0 radical (unpaired) electrons. The third kappa shape index (κ3) is 3.78. The average molecular weight is 440 g/mol. The van der Waals surface area contributed by atoms with Crippen LogP contribution in [0.15, 0.2) is 85.5 Å². The number of aromatic nitrogens is 3. The minimum absolute atomic E-state index is 0.0119. The molecule has 2 atom stereocenters. The fourth-order valence-electron chi connectivity index (χ4n) is 4.33. The Labute approximate surface area is 193 Å². The van der Waals surface area contributed by atoms with Crippen LogP contribution < -0.4 is 5.32 Å². The van der Waals surface area contributed by atoms with Crippen LogP contribution in [0, 0.1) is 13.8 Å². The van der Waals surface area contributed by atoms with E-state index >= 15 is 0 Å². The molecular formula is C26H25N5S. The number of pyridine rings is 2. The number of nitrogens with one attached hydrogen (secondary N) is 1. The average Bonchev–Trinajstić information content (AvgIpc) is 3.42. The van der Waals surface area contributed by atoms with E-state index in [4.69, 9.17) is 12.2 Å². The molecule has 4 heterocycles. The zero-order valence-electron chi connectivity index (χ0n) is 18.1. The summed E-state index contributed by atoms with van der Waals surface area (Å²) in [4.78, 5) is 11.1. The lowest BCUT2D eigenvalue weighted by Gasteiger charge is -2.29. The molecule has 0 unspecified atom stereocenters. The molecule has 32 heavy (non-hydrogen) atoms. The number of hydrogen-bond acceptors (Lipinski definition) is 3. The Kier molecular flexibility index (Phi) is 5.45. The van der Waals surface area contributed by atoms with Crippen LogP contribution in [-0.2, 0) is 6.54 Å². The van der Waals surface area contributed by atoms with Crippen molar-refractivity contribution in [3.63, 3.8) is 0 Å². The van der Waals surface area contributed by atoms with E-state index in [0.29, 0.717) is 6.54 Å². The van der Waals surface area contributed by atoms with Gasteiger partial charge in [0, 0.05) is 42.7 Å². The number of nitrogens with zero attached hydrogens (tertiary/aromatic N) is 4. The van der Waals surface area contributed by atoms with E-state index in [2.05, 4.69) is 81.2 Å². The van der Waals surface area contributed by atoms with Crippen LogP contribution in [0.4, 0.5) is 0 Å². The molecule has 0 aliphatic carbocycles.